The Morgan fingerprint density at radius 3 is 3.00 bits per heavy atom. The maximum atomic E-state index is 11.8. The molecule has 0 spiro atoms. The van der Waals surface area contributed by atoms with Gasteiger partial charge in [-0.25, -0.2) is 0 Å². The van der Waals surface area contributed by atoms with Crippen LogP contribution in [0.15, 0.2) is 22.6 Å². The first-order valence-electron chi connectivity index (χ1n) is 8.71. The molecule has 0 atom stereocenters. The molecule has 4 nitrogen and oxygen atoms in total. The molecule has 23 heavy (non-hydrogen) atoms. The molecule has 0 radical (unpaired) electrons. The number of aryl methyl sites for hydroxylation is 2. The van der Waals surface area contributed by atoms with Crippen LogP contribution in [0, 0.1) is 0 Å². The number of fused-ring (bicyclic) bond motifs is 3. The van der Waals surface area contributed by atoms with Crippen LogP contribution < -0.4 is 10.1 Å². The first kappa shape index (κ1) is 15.9. The predicted octanol–water partition coefficient (Wildman–Crippen LogP) is 4.00. The lowest BCUT2D eigenvalue weighted by Gasteiger charge is -2.09. The van der Waals surface area contributed by atoms with Gasteiger partial charge in [0.2, 0.25) is 0 Å². The highest BCUT2D eigenvalue weighted by Gasteiger charge is 2.18. The third-order valence-corrected chi connectivity index (χ3v) is 4.40. The number of furan rings is 1. The van der Waals surface area contributed by atoms with Crippen molar-refractivity contribution in [1.29, 1.82) is 0 Å². The van der Waals surface area contributed by atoms with Crippen molar-refractivity contribution in [3.05, 3.63) is 29.5 Å². The number of nitrogens with one attached hydrogen (secondary N) is 1. The minimum atomic E-state index is -0.0598. The van der Waals surface area contributed by atoms with Crippen LogP contribution in [0.2, 0.25) is 0 Å². The number of rotatable bonds is 7. The van der Waals surface area contributed by atoms with Gasteiger partial charge in [-0.05, 0) is 43.9 Å². The van der Waals surface area contributed by atoms with E-state index in [1.165, 1.54) is 18.4 Å². The van der Waals surface area contributed by atoms with Gasteiger partial charge in [0.15, 0.2) is 6.61 Å². The second-order valence-corrected chi connectivity index (χ2v) is 6.21. The molecule has 1 aromatic carbocycles. The molecule has 1 N–H and O–H groups in total. The summed E-state index contributed by atoms with van der Waals surface area (Å²) in [7, 11) is 0. The summed E-state index contributed by atoms with van der Waals surface area (Å²) in [4.78, 5) is 11.8. The number of carbonyl (C=O) groups is 1. The number of ether oxygens (including phenoxy) is 1. The molecule has 1 aliphatic rings. The highest BCUT2D eigenvalue weighted by molar-refractivity contribution is 5.84. The maximum absolute atomic E-state index is 11.8. The average Bonchev–Trinajstić information content (AvgIpc) is 2.95. The quantitative estimate of drug-likeness (QED) is 0.786. The Morgan fingerprint density at radius 1 is 1.26 bits per heavy atom. The number of benzene rings is 1. The third-order valence-electron chi connectivity index (χ3n) is 4.40. The second-order valence-electron chi connectivity index (χ2n) is 6.21. The van der Waals surface area contributed by atoms with Gasteiger partial charge in [-0.2, -0.15) is 0 Å². The SMILES string of the molecule is CCCCCNC(=O)COc1ccc2oc3c(c2c1)CCCC3. The summed E-state index contributed by atoms with van der Waals surface area (Å²) < 4.78 is 11.6. The molecule has 0 saturated carbocycles. The van der Waals surface area contributed by atoms with Crippen LogP contribution in [-0.4, -0.2) is 19.1 Å². The first-order valence-corrected chi connectivity index (χ1v) is 8.71. The van der Waals surface area contributed by atoms with Crippen LogP contribution in [0.25, 0.3) is 11.0 Å². The summed E-state index contributed by atoms with van der Waals surface area (Å²) in [6.45, 7) is 2.94. The summed E-state index contributed by atoms with van der Waals surface area (Å²) in [5.41, 5.74) is 2.24. The Labute approximate surface area is 137 Å². The number of unbranched alkanes of at least 4 members (excludes halogenated alkanes) is 2. The van der Waals surface area contributed by atoms with E-state index in [1.54, 1.807) is 0 Å². The zero-order valence-corrected chi connectivity index (χ0v) is 13.8. The molecular weight excluding hydrogens is 290 g/mol. The van der Waals surface area contributed by atoms with E-state index in [2.05, 4.69) is 12.2 Å². The minimum absolute atomic E-state index is 0.0598. The normalized spacial score (nSPS) is 13.8. The lowest BCUT2D eigenvalue weighted by molar-refractivity contribution is -0.123. The van der Waals surface area contributed by atoms with Crippen LogP contribution in [0.1, 0.15) is 50.4 Å². The average molecular weight is 315 g/mol. The summed E-state index contributed by atoms with van der Waals surface area (Å²) >= 11 is 0. The number of amides is 1. The molecule has 0 aliphatic heterocycles. The van der Waals surface area contributed by atoms with Crippen molar-refractivity contribution in [2.24, 2.45) is 0 Å². The van der Waals surface area contributed by atoms with Crippen LogP contribution in [0.5, 0.6) is 5.75 Å². The van der Waals surface area contributed by atoms with Crippen LogP contribution in [0.3, 0.4) is 0 Å². The highest BCUT2D eigenvalue weighted by atomic mass is 16.5. The van der Waals surface area contributed by atoms with E-state index in [-0.39, 0.29) is 12.5 Å². The fraction of sp³-hybridized carbons (Fsp3) is 0.526. The van der Waals surface area contributed by atoms with E-state index in [1.807, 2.05) is 18.2 Å². The Balaban J connectivity index is 1.59. The highest BCUT2D eigenvalue weighted by Crippen LogP contribution is 2.33. The van der Waals surface area contributed by atoms with Crippen molar-refractivity contribution < 1.29 is 13.9 Å². The maximum Gasteiger partial charge on any atom is 0.257 e. The zero-order chi connectivity index (χ0) is 16.1. The molecule has 124 valence electrons. The van der Waals surface area contributed by atoms with Crippen molar-refractivity contribution in [1.82, 2.24) is 5.32 Å². The van der Waals surface area contributed by atoms with Crippen LogP contribution in [-0.2, 0) is 17.6 Å². The molecule has 2 aromatic rings. The topological polar surface area (TPSA) is 51.5 Å². The Hall–Kier alpha value is -1.97. The molecule has 1 heterocycles. The summed E-state index contributed by atoms with van der Waals surface area (Å²) in [5, 5.41) is 4.03. The molecule has 3 rings (SSSR count). The van der Waals surface area contributed by atoms with Crippen LogP contribution in [0.4, 0.5) is 0 Å². The fourth-order valence-electron chi connectivity index (χ4n) is 3.13. The summed E-state index contributed by atoms with van der Waals surface area (Å²) in [6.07, 6.45) is 7.84. The number of hydrogen-bond acceptors (Lipinski definition) is 3. The molecule has 0 saturated heterocycles. The predicted molar refractivity (Wildman–Crippen MR) is 90.9 cm³/mol. The van der Waals surface area contributed by atoms with Gasteiger partial charge in [-0.1, -0.05) is 19.8 Å². The van der Waals surface area contributed by atoms with E-state index in [4.69, 9.17) is 9.15 Å². The third kappa shape index (κ3) is 3.87. The smallest absolute Gasteiger partial charge is 0.257 e. The molecular formula is C19H25NO3. The molecule has 4 heteroatoms. The monoisotopic (exact) mass is 315 g/mol. The van der Waals surface area contributed by atoms with Crippen molar-refractivity contribution in [2.75, 3.05) is 13.2 Å². The van der Waals surface area contributed by atoms with Gasteiger partial charge in [0.25, 0.3) is 5.91 Å². The molecule has 1 aromatic heterocycles. The van der Waals surface area contributed by atoms with Crippen molar-refractivity contribution in [3.8, 4) is 5.75 Å². The van der Waals surface area contributed by atoms with Gasteiger partial charge >= 0.3 is 0 Å². The summed E-state index contributed by atoms with van der Waals surface area (Å²) in [5.74, 6) is 1.79. The second kappa shape index (κ2) is 7.53. The van der Waals surface area contributed by atoms with Crippen molar-refractivity contribution >= 4 is 16.9 Å². The standard InChI is InChI=1S/C19H25NO3/c1-2-3-6-11-20-19(21)13-22-14-9-10-18-16(12-14)15-7-4-5-8-17(15)23-18/h9-10,12H,2-8,11,13H2,1H3,(H,20,21). The minimum Gasteiger partial charge on any atom is -0.484 e. The van der Waals surface area contributed by atoms with Gasteiger partial charge in [0.05, 0.1) is 0 Å². The van der Waals surface area contributed by atoms with Gasteiger partial charge in [-0.3, -0.25) is 4.79 Å². The van der Waals surface area contributed by atoms with Crippen molar-refractivity contribution in [3.63, 3.8) is 0 Å². The number of hydrogen-bond donors (Lipinski definition) is 1. The first-order chi connectivity index (χ1) is 11.3. The Bertz CT molecular complexity index is 675. The van der Waals surface area contributed by atoms with E-state index < -0.39 is 0 Å². The molecule has 1 aliphatic carbocycles. The fourth-order valence-corrected chi connectivity index (χ4v) is 3.13. The van der Waals surface area contributed by atoms with Gasteiger partial charge in [0.1, 0.15) is 17.1 Å². The molecule has 0 bridgehead atoms. The van der Waals surface area contributed by atoms with E-state index in [0.29, 0.717) is 0 Å². The lowest BCUT2D eigenvalue weighted by atomic mass is 9.96. The van der Waals surface area contributed by atoms with E-state index in [9.17, 15) is 4.79 Å². The number of carbonyl (C=O) groups excluding carboxylic acids is 1. The van der Waals surface area contributed by atoms with Gasteiger partial charge in [0, 0.05) is 23.9 Å². The van der Waals surface area contributed by atoms with Crippen molar-refractivity contribution in [2.45, 2.75) is 51.9 Å². The van der Waals surface area contributed by atoms with Gasteiger partial charge in [-0.15, -0.1) is 0 Å². The Morgan fingerprint density at radius 2 is 2.13 bits per heavy atom. The zero-order valence-electron chi connectivity index (χ0n) is 13.8. The lowest BCUT2D eigenvalue weighted by Crippen LogP contribution is -2.29. The van der Waals surface area contributed by atoms with E-state index >= 15 is 0 Å². The van der Waals surface area contributed by atoms with Gasteiger partial charge < -0.3 is 14.5 Å². The largest absolute Gasteiger partial charge is 0.484 e. The molecule has 0 unspecified atom stereocenters. The van der Waals surface area contributed by atoms with E-state index in [0.717, 1.165) is 61.1 Å². The molecule has 1 amide bonds. The Kier molecular flexibility index (Phi) is 5.21. The summed E-state index contributed by atoms with van der Waals surface area (Å²) in [6, 6.07) is 5.83. The molecule has 0 fully saturated rings. The van der Waals surface area contributed by atoms with Crippen LogP contribution >= 0.6 is 0 Å².